The minimum absolute atomic E-state index is 0.722. The second kappa shape index (κ2) is 6.91. The van der Waals surface area contributed by atoms with Crippen LogP contribution >= 0.6 is 0 Å². The third-order valence-corrected chi connectivity index (χ3v) is 5.33. The van der Waals surface area contributed by atoms with Crippen LogP contribution in [-0.4, -0.2) is 37.1 Å². The molecule has 0 aromatic rings. The van der Waals surface area contributed by atoms with Gasteiger partial charge < -0.3 is 10.2 Å². The van der Waals surface area contributed by atoms with Crippen LogP contribution in [0.4, 0.5) is 0 Å². The fraction of sp³-hybridized carbons (Fsp3) is 1.00. The molecule has 3 unspecified atom stereocenters. The average molecular weight is 252 g/mol. The van der Waals surface area contributed by atoms with Crippen LogP contribution in [0.2, 0.25) is 0 Å². The van der Waals surface area contributed by atoms with Gasteiger partial charge in [0.2, 0.25) is 0 Å². The first-order valence-electron chi connectivity index (χ1n) is 8.13. The monoisotopic (exact) mass is 252 g/mol. The van der Waals surface area contributed by atoms with Gasteiger partial charge in [0.1, 0.15) is 0 Å². The van der Waals surface area contributed by atoms with Gasteiger partial charge in [0.25, 0.3) is 0 Å². The summed E-state index contributed by atoms with van der Waals surface area (Å²) in [5.74, 6) is 1.89. The van der Waals surface area contributed by atoms with Gasteiger partial charge >= 0.3 is 0 Å². The molecule has 0 aromatic heterocycles. The number of rotatable bonds is 4. The Morgan fingerprint density at radius 1 is 1.17 bits per heavy atom. The van der Waals surface area contributed by atoms with Crippen molar-refractivity contribution in [2.75, 3.05) is 20.1 Å². The first-order valence-corrected chi connectivity index (χ1v) is 8.13. The highest BCUT2D eigenvalue weighted by molar-refractivity contribution is 4.84. The van der Waals surface area contributed by atoms with Crippen molar-refractivity contribution in [1.82, 2.24) is 10.2 Å². The van der Waals surface area contributed by atoms with Crippen LogP contribution in [0, 0.1) is 11.8 Å². The van der Waals surface area contributed by atoms with Gasteiger partial charge in [0.15, 0.2) is 0 Å². The first-order chi connectivity index (χ1) is 8.69. The van der Waals surface area contributed by atoms with Crippen molar-refractivity contribution >= 4 is 0 Å². The van der Waals surface area contributed by atoms with E-state index in [1.807, 2.05) is 0 Å². The van der Waals surface area contributed by atoms with Crippen LogP contribution < -0.4 is 5.32 Å². The van der Waals surface area contributed by atoms with Crippen molar-refractivity contribution in [3.05, 3.63) is 0 Å². The molecule has 3 atom stereocenters. The number of hydrogen-bond acceptors (Lipinski definition) is 2. The summed E-state index contributed by atoms with van der Waals surface area (Å²) in [5.41, 5.74) is 0. The Bertz CT molecular complexity index is 233. The van der Waals surface area contributed by atoms with Crippen LogP contribution in [0.3, 0.4) is 0 Å². The van der Waals surface area contributed by atoms with Gasteiger partial charge in [-0.1, -0.05) is 26.2 Å². The zero-order valence-electron chi connectivity index (χ0n) is 12.6. The Labute approximate surface area is 114 Å². The van der Waals surface area contributed by atoms with Gasteiger partial charge in [0.05, 0.1) is 0 Å². The van der Waals surface area contributed by atoms with Gasteiger partial charge in [-0.25, -0.2) is 0 Å². The molecule has 2 fully saturated rings. The van der Waals surface area contributed by atoms with Crippen LogP contribution in [-0.2, 0) is 0 Å². The number of hydrogen-bond donors (Lipinski definition) is 1. The van der Waals surface area contributed by atoms with Crippen molar-refractivity contribution in [2.24, 2.45) is 11.8 Å². The molecule has 1 aliphatic carbocycles. The van der Waals surface area contributed by atoms with E-state index in [9.17, 15) is 0 Å². The van der Waals surface area contributed by atoms with Gasteiger partial charge in [0, 0.05) is 12.1 Å². The van der Waals surface area contributed by atoms with Crippen molar-refractivity contribution in [3.8, 4) is 0 Å². The molecule has 2 nitrogen and oxygen atoms in total. The maximum absolute atomic E-state index is 3.95. The van der Waals surface area contributed by atoms with E-state index >= 15 is 0 Å². The van der Waals surface area contributed by atoms with E-state index in [2.05, 4.69) is 31.1 Å². The number of likely N-dealkylation sites (tertiary alicyclic amines) is 1. The molecular formula is C16H32N2. The van der Waals surface area contributed by atoms with Gasteiger partial charge in [-0.05, 0) is 64.6 Å². The van der Waals surface area contributed by atoms with Gasteiger partial charge in [-0.2, -0.15) is 0 Å². The molecule has 2 aliphatic rings. The third kappa shape index (κ3) is 3.96. The van der Waals surface area contributed by atoms with Crippen LogP contribution in [0.25, 0.3) is 0 Å². The second-order valence-corrected chi connectivity index (χ2v) is 6.73. The molecule has 2 heteroatoms. The highest BCUT2D eigenvalue weighted by atomic mass is 15.1. The molecule has 1 N–H and O–H groups in total. The predicted octanol–water partition coefficient (Wildman–Crippen LogP) is 3.28. The Morgan fingerprint density at radius 2 is 1.89 bits per heavy atom. The molecule has 0 amide bonds. The molecule has 1 saturated heterocycles. The molecule has 0 aromatic carbocycles. The molecule has 2 rings (SSSR count). The fourth-order valence-electron chi connectivity index (χ4n) is 3.85. The minimum atomic E-state index is 0.722. The summed E-state index contributed by atoms with van der Waals surface area (Å²) < 4.78 is 0. The van der Waals surface area contributed by atoms with Crippen LogP contribution in [0.1, 0.15) is 58.8 Å². The smallest absolute Gasteiger partial charge is 0.00722 e. The Balaban J connectivity index is 1.74. The summed E-state index contributed by atoms with van der Waals surface area (Å²) in [4.78, 5) is 2.47. The van der Waals surface area contributed by atoms with Crippen molar-refractivity contribution in [3.63, 3.8) is 0 Å². The lowest BCUT2D eigenvalue weighted by molar-refractivity contribution is 0.171. The normalized spacial score (nSPS) is 33.5. The second-order valence-electron chi connectivity index (χ2n) is 6.73. The number of nitrogens with zero attached hydrogens (tertiary/aromatic N) is 1. The van der Waals surface area contributed by atoms with Crippen molar-refractivity contribution < 1.29 is 0 Å². The Kier molecular flexibility index (Phi) is 5.50. The topological polar surface area (TPSA) is 15.3 Å². The summed E-state index contributed by atoms with van der Waals surface area (Å²) in [6.45, 7) is 7.36. The lowest BCUT2D eigenvalue weighted by Gasteiger charge is -2.37. The summed E-state index contributed by atoms with van der Waals surface area (Å²) in [6.07, 6.45) is 9.89. The number of nitrogens with one attached hydrogen (secondary N) is 1. The van der Waals surface area contributed by atoms with Crippen LogP contribution in [0.15, 0.2) is 0 Å². The largest absolute Gasteiger partial charge is 0.311 e. The molecule has 0 bridgehead atoms. The molecule has 0 spiro atoms. The first kappa shape index (κ1) is 14.3. The van der Waals surface area contributed by atoms with Crippen LogP contribution in [0.5, 0.6) is 0 Å². The van der Waals surface area contributed by atoms with E-state index in [-0.39, 0.29) is 0 Å². The van der Waals surface area contributed by atoms with Gasteiger partial charge in [-0.3, -0.25) is 0 Å². The highest BCUT2D eigenvalue weighted by Crippen LogP contribution is 2.28. The summed E-state index contributed by atoms with van der Waals surface area (Å²) >= 11 is 0. The lowest BCUT2D eigenvalue weighted by atomic mass is 9.83. The van der Waals surface area contributed by atoms with E-state index in [1.54, 1.807) is 0 Å². The Hall–Kier alpha value is -0.0800. The van der Waals surface area contributed by atoms with Crippen molar-refractivity contribution in [2.45, 2.75) is 70.9 Å². The fourth-order valence-corrected chi connectivity index (χ4v) is 3.85. The molecular weight excluding hydrogens is 220 g/mol. The standard InChI is InChI=1S/C16H32N2/c1-4-14-6-5-7-16(12-14)17-13(2)15-8-10-18(3)11-9-15/h13-17H,4-12H2,1-3H3. The molecule has 0 radical (unpaired) electrons. The Morgan fingerprint density at radius 3 is 2.56 bits per heavy atom. The van der Waals surface area contributed by atoms with E-state index < -0.39 is 0 Å². The molecule has 18 heavy (non-hydrogen) atoms. The van der Waals surface area contributed by atoms with E-state index in [4.69, 9.17) is 0 Å². The zero-order valence-corrected chi connectivity index (χ0v) is 12.6. The number of piperidine rings is 1. The summed E-state index contributed by atoms with van der Waals surface area (Å²) in [6, 6.07) is 1.53. The SMILES string of the molecule is CCC1CCCC(NC(C)C2CCN(C)CC2)C1. The third-order valence-electron chi connectivity index (χ3n) is 5.33. The van der Waals surface area contributed by atoms with E-state index in [0.29, 0.717) is 0 Å². The quantitative estimate of drug-likeness (QED) is 0.826. The summed E-state index contributed by atoms with van der Waals surface area (Å²) in [7, 11) is 2.25. The predicted molar refractivity (Wildman–Crippen MR) is 78.9 cm³/mol. The molecule has 1 saturated carbocycles. The summed E-state index contributed by atoms with van der Waals surface area (Å²) in [5, 5.41) is 3.95. The lowest BCUT2D eigenvalue weighted by Crippen LogP contribution is -2.46. The average Bonchev–Trinajstić information content (AvgIpc) is 2.39. The molecule has 1 aliphatic heterocycles. The van der Waals surface area contributed by atoms with Crippen molar-refractivity contribution in [1.29, 1.82) is 0 Å². The minimum Gasteiger partial charge on any atom is -0.311 e. The highest BCUT2D eigenvalue weighted by Gasteiger charge is 2.26. The van der Waals surface area contributed by atoms with E-state index in [0.717, 1.165) is 23.9 Å². The van der Waals surface area contributed by atoms with Gasteiger partial charge in [-0.15, -0.1) is 0 Å². The zero-order chi connectivity index (χ0) is 13.0. The van der Waals surface area contributed by atoms with E-state index in [1.165, 1.54) is 58.0 Å². The molecule has 1 heterocycles. The maximum atomic E-state index is 3.95. The molecule has 106 valence electrons. The maximum Gasteiger partial charge on any atom is 0.00722 e.